The first-order valence-electron chi connectivity index (χ1n) is 11.9. The fraction of sp³-hybridized carbons (Fsp3) is 0.407. The second-order valence-electron chi connectivity index (χ2n) is 8.24. The molecular weight excluding hydrogens is 432 g/mol. The minimum Gasteiger partial charge on any atom is -0.494 e. The zero-order chi connectivity index (χ0) is 24.5. The minimum atomic E-state index is -0.349. The number of hydrogen-bond donors (Lipinski definition) is 1. The number of hydrogen-bond acceptors (Lipinski definition) is 6. The molecule has 182 valence electrons. The van der Waals surface area contributed by atoms with E-state index >= 15 is 0 Å². The number of carbonyl (C=O) groups excluding carboxylic acids is 2. The summed E-state index contributed by atoms with van der Waals surface area (Å²) in [6.07, 6.45) is 1.56. The number of ether oxygens (including phenoxy) is 3. The maximum absolute atomic E-state index is 13.4. The standard InChI is InChI=1S/C27H34N2O5/c1-5-16-34-23-10-7-9-21(18-23)28-25-24(20-11-13-22(14-12-20)32-6-2)26(30)29(27(25)31)15-8-17-33-19(3)4/h7,9-14,18-19,28H,5-6,8,15-17H2,1-4H3. The van der Waals surface area contributed by atoms with Crippen molar-refractivity contribution in [3.8, 4) is 11.5 Å². The fourth-order valence-corrected chi connectivity index (χ4v) is 3.62. The number of rotatable bonds is 13. The molecule has 0 saturated heterocycles. The molecule has 1 aliphatic rings. The van der Waals surface area contributed by atoms with Gasteiger partial charge in [-0.3, -0.25) is 14.5 Å². The van der Waals surface area contributed by atoms with Gasteiger partial charge in [0.2, 0.25) is 0 Å². The van der Waals surface area contributed by atoms with Gasteiger partial charge in [-0.2, -0.15) is 0 Å². The predicted octanol–water partition coefficient (Wildman–Crippen LogP) is 4.88. The Morgan fingerprint density at radius 2 is 1.68 bits per heavy atom. The zero-order valence-corrected chi connectivity index (χ0v) is 20.4. The lowest BCUT2D eigenvalue weighted by molar-refractivity contribution is -0.137. The van der Waals surface area contributed by atoms with E-state index in [0.717, 1.165) is 6.42 Å². The highest BCUT2D eigenvalue weighted by atomic mass is 16.5. The van der Waals surface area contributed by atoms with Gasteiger partial charge in [-0.05, 0) is 63.4 Å². The largest absolute Gasteiger partial charge is 0.494 e. The predicted molar refractivity (Wildman–Crippen MR) is 133 cm³/mol. The highest BCUT2D eigenvalue weighted by Crippen LogP contribution is 2.32. The quantitative estimate of drug-likeness (QED) is 0.335. The maximum Gasteiger partial charge on any atom is 0.278 e. The third-order valence-corrected chi connectivity index (χ3v) is 5.18. The smallest absolute Gasteiger partial charge is 0.278 e. The van der Waals surface area contributed by atoms with Gasteiger partial charge in [0.1, 0.15) is 17.2 Å². The van der Waals surface area contributed by atoms with Crippen LogP contribution in [0.1, 0.15) is 46.1 Å². The van der Waals surface area contributed by atoms with E-state index in [4.69, 9.17) is 14.2 Å². The molecule has 1 N–H and O–H groups in total. The number of imide groups is 1. The topological polar surface area (TPSA) is 77.1 Å². The van der Waals surface area contributed by atoms with Crippen molar-refractivity contribution in [1.29, 1.82) is 0 Å². The molecule has 7 nitrogen and oxygen atoms in total. The van der Waals surface area contributed by atoms with E-state index in [1.54, 1.807) is 24.3 Å². The summed E-state index contributed by atoms with van der Waals surface area (Å²) < 4.78 is 16.8. The van der Waals surface area contributed by atoms with Crippen molar-refractivity contribution in [2.45, 2.75) is 46.6 Å². The van der Waals surface area contributed by atoms with Gasteiger partial charge < -0.3 is 19.5 Å². The third-order valence-electron chi connectivity index (χ3n) is 5.18. The van der Waals surface area contributed by atoms with Gasteiger partial charge in [-0.15, -0.1) is 0 Å². The fourth-order valence-electron chi connectivity index (χ4n) is 3.62. The van der Waals surface area contributed by atoms with Crippen LogP contribution >= 0.6 is 0 Å². The Morgan fingerprint density at radius 3 is 2.35 bits per heavy atom. The molecule has 2 aromatic rings. The van der Waals surface area contributed by atoms with E-state index in [0.29, 0.717) is 54.6 Å². The summed E-state index contributed by atoms with van der Waals surface area (Å²) in [7, 11) is 0. The molecule has 0 aromatic heterocycles. The lowest BCUT2D eigenvalue weighted by Crippen LogP contribution is -2.34. The highest BCUT2D eigenvalue weighted by molar-refractivity contribution is 6.36. The first-order chi connectivity index (χ1) is 16.4. The van der Waals surface area contributed by atoms with Gasteiger partial charge in [0, 0.05) is 24.9 Å². The van der Waals surface area contributed by atoms with Gasteiger partial charge in [0.15, 0.2) is 0 Å². The molecule has 34 heavy (non-hydrogen) atoms. The molecule has 7 heteroatoms. The lowest BCUT2D eigenvalue weighted by Gasteiger charge is -2.16. The summed E-state index contributed by atoms with van der Waals surface area (Å²) >= 11 is 0. The molecule has 0 saturated carbocycles. The average molecular weight is 467 g/mol. The van der Waals surface area contributed by atoms with Crippen molar-refractivity contribution in [1.82, 2.24) is 4.90 Å². The van der Waals surface area contributed by atoms with E-state index in [-0.39, 0.29) is 30.2 Å². The van der Waals surface area contributed by atoms with E-state index in [1.807, 2.05) is 52.0 Å². The van der Waals surface area contributed by atoms with Crippen LogP contribution in [0.25, 0.3) is 5.57 Å². The zero-order valence-electron chi connectivity index (χ0n) is 20.4. The first kappa shape index (κ1) is 25.3. The average Bonchev–Trinajstić information content (AvgIpc) is 3.05. The van der Waals surface area contributed by atoms with Gasteiger partial charge in [-0.1, -0.05) is 25.1 Å². The van der Waals surface area contributed by atoms with E-state index in [9.17, 15) is 9.59 Å². The van der Waals surface area contributed by atoms with E-state index < -0.39 is 0 Å². The van der Waals surface area contributed by atoms with Gasteiger partial charge >= 0.3 is 0 Å². The van der Waals surface area contributed by atoms with E-state index in [1.165, 1.54) is 4.90 Å². The molecule has 1 heterocycles. The first-order valence-corrected chi connectivity index (χ1v) is 11.9. The molecule has 1 aliphatic heterocycles. The van der Waals surface area contributed by atoms with Gasteiger partial charge in [0.25, 0.3) is 11.8 Å². The van der Waals surface area contributed by atoms with Crippen LogP contribution in [0.4, 0.5) is 5.69 Å². The summed E-state index contributed by atoms with van der Waals surface area (Å²) in [4.78, 5) is 28.0. The summed E-state index contributed by atoms with van der Waals surface area (Å²) in [5, 5.41) is 3.19. The Morgan fingerprint density at radius 1 is 0.912 bits per heavy atom. The molecule has 0 bridgehead atoms. The van der Waals surface area contributed by atoms with Gasteiger partial charge in [0.05, 0.1) is 24.9 Å². The van der Waals surface area contributed by atoms with Crippen molar-refractivity contribution in [2.75, 3.05) is 31.7 Å². The van der Waals surface area contributed by atoms with Crippen LogP contribution in [0, 0.1) is 0 Å². The number of nitrogens with zero attached hydrogens (tertiary/aromatic N) is 1. The minimum absolute atomic E-state index is 0.0990. The van der Waals surface area contributed by atoms with Crippen molar-refractivity contribution in [3.05, 3.63) is 59.8 Å². The lowest BCUT2D eigenvalue weighted by atomic mass is 10.0. The second-order valence-corrected chi connectivity index (χ2v) is 8.24. The molecule has 2 amide bonds. The SMILES string of the molecule is CCCOc1cccc(NC2=C(c3ccc(OCC)cc3)C(=O)N(CCCOC(C)C)C2=O)c1. The summed E-state index contributed by atoms with van der Waals surface area (Å²) in [6.45, 7) is 9.79. The molecule has 0 spiro atoms. The molecule has 0 fully saturated rings. The van der Waals surface area contributed by atoms with Crippen molar-refractivity contribution in [2.24, 2.45) is 0 Å². The number of anilines is 1. The second kappa shape index (κ2) is 12.2. The Balaban J connectivity index is 1.89. The molecule has 0 radical (unpaired) electrons. The molecule has 3 rings (SSSR count). The molecule has 2 aromatic carbocycles. The molecule has 0 atom stereocenters. The van der Waals surface area contributed by atoms with Crippen LogP contribution in [0.2, 0.25) is 0 Å². The molecular formula is C27H34N2O5. The number of benzene rings is 2. The van der Waals surface area contributed by atoms with E-state index in [2.05, 4.69) is 5.32 Å². The monoisotopic (exact) mass is 466 g/mol. The van der Waals surface area contributed by atoms with Crippen LogP contribution < -0.4 is 14.8 Å². The van der Waals surface area contributed by atoms with Crippen molar-refractivity contribution < 1.29 is 23.8 Å². The van der Waals surface area contributed by atoms with Crippen LogP contribution in [0.5, 0.6) is 11.5 Å². The number of carbonyl (C=O) groups is 2. The Hall–Kier alpha value is -3.32. The van der Waals surface area contributed by atoms with Crippen molar-refractivity contribution in [3.63, 3.8) is 0 Å². The Bertz CT molecular complexity index is 1010. The number of nitrogens with one attached hydrogen (secondary N) is 1. The molecule has 0 aliphatic carbocycles. The van der Waals surface area contributed by atoms with Crippen LogP contribution in [0.15, 0.2) is 54.2 Å². The normalized spacial score (nSPS) is 13.7. The molecule has 0 unspecified atom stereocenters. The third kappa shape index (κ3) is 6.38. The van der Waals surface area contributed by atoms with Crippen LogP contribution in [0.3, 0.4) is 0 Å². The van der Waals surface area contributed by atoms with Crippen LogP contribution in [-0.4, -0.2) is 49.2 Å². The van der Waals surface area contributed by atoms with Crippen LogP contribution in [-0.2, 0) is 14.3 Å². The maximum atomic E-state index is 13.4. The Kier molecular flexibility index (Phi) is 9.10. The number of amides is 2. The van der Waals surface area contributed by atoms with Crippen molar-refractivity contribution >= 4 is 23.1 Å². The Labute approximate surface area is 201 Å². The highest BCUT2D eigenvalue weighted by Gasteiger charge is 2.38. The summed E-state index contributed by atoms with van der Waals surface area (Å²) in [5.41, 5.74) is 1.94. The summed E-state index contributed by atoms with van der Waals surface area (Å²) in [5.74, 6) is 0.744. The van der Waals surface area contributed by atoms with Gasteiger partial charge in [-0.25, -0.2) is 0 Å². The summed E-state index contributed by atoms with van der Waals surface area (Å²) in [6, 6.07) is 14.6.